The van der Waals surface area contributed by atoms with Crippen LogP contribution in [0.4, 0.5) is 0 Å². The molecule has 0 unspecified atom stereocenters. The molecule has 0 aliphatic rings. The van der Waals surface area contributed by atoms with Gasteiger partial charge in [0.15, 0.2) is 0 Å². The monoisotopic (exact) mass is 354 g/mol. The van der Waals surface area contributed by atoms with Crippen molar-refractivity contribution in [3.8, 4) is 17.0 Å². The molecular weight excluding hydrogens is 340 g/mol. The van der Waals surface area contributed by atoms with E-state index in [2.05, 4.69) is 20.7 Å². The number of aromatic amines is 1. The van der Waals surface area contributed by atoms with Crippen LogP contribution in [-0.4, -0.2) is 29.4 Å². The Bertz CT molecular complexity index is 886. The van der Waals surface area contributed by atoms with Crippen LogP contribution in [0.25, 0.3) is 11.3 Å². The molecule has 25 heavy (non-hydrogen) atoms. The molecular formula is C18H15ClN4O2. The second kappa shape index (κ2) is 7.63. The Labute approximate surface area is 149 Å². The van der Waals surface area contributed by atoms with E-state index in [4.69, 9.17) is 16.3 Å². The second-order valence-corrected chi connectivity index (χ2v) is 5.58. The number of carbonyl (C=O) groups excluding carboxylic acids is 1. The molecule has 2 aromatic carbocycles. The van der Waals surface area contributed by atoms with Gasteiger partial charge >= 0.3 is 0 Å². The number of rotatable bonds is 5. The van der Waals surface area contributed by atoms with Crippen LogP contribution in [-0.2, 0) is 0 Å². The van der Waals surface area contributed by atoms with E-state index in [1.807, 2.05) is 24.3 Å². The molecule has 6 nitrogen and oxygen atoms in total. The van der Waals surface area contributed by atoms with E-state index in [9.17, 15) is 4.79 Å². The summed E-state index contributed by atoms with van der Waals surface area (Å²) in [6, 6.07) is 16.2. The number of nitrogens with zero attached hydrogens (tertiary/aromatic N) is 2. The number of hydrazone groups is 1. The van der Waals surface area contributed by atoms with Gasteiger partial charge in [0, 0.05) is 10.6 Å². The number of halogens is 1. The van der Waals surface area contributed by atoms with Crippen LogP contribution >= 0.6 is 11.6 Å². The lowest BCUT2D eigenvalue weighted by molar-refractivity contribution is 0.0950. The number of nitrogens with one attached hydrogen (secondary N) is 2. The molecule has 0 saturated carbocycles. The predicted octanol–water partition coefficient (Wildman–Crippen LogP) is 3.50. The molecule has 0 saturated heterocycles. The number of H-pyrrole nitrogens is 1. The lowest BCUT2D eigenvalue weighted by atomic mass is 10.1. The van der Waals surface area contributed by atoms with Gasteiger partial charge in [0.1, 0.15) is 11.4 Å². The summed E-state index contributed by atoms with van der Waals surface area (Å²) in [7, 11) is 1.61. The predicted molar refractivity (Wildman–Crippen MR) is 97.1 cm³/mol. The van der Waals surface area contributed by atoms with Crippen molar-refractivity contribution in [3.63, 3.8) is 0 Å². The Morgan fingerprint density at radius 1 is 1.20 bits per heavy atom. The van der Waals surface area contributed by atoms with Crippen molar-refractivity contribution in [2.45, 2.75) is 0 Å². The third-order valence-electron chi connectivity index (χ3n) is 3.46. The van der Waals surface area contributed by atoms with Gasteiger partial charge in [-0.25, -0.2) is 5.43 Å². The molecule has 0 atom stereocenters. The zero-order valence-electron chi connectivity index (χ0n) is 13.4. The number of ether oxygens (including phenoxy) is 1. The van der Waals surface area contributed by atoms with Crippen LogP contribution in [0.5, 0.6) is 5.75 Å². The highest BCUT2D eigenvalue weighted by molar-refractivity contribution is 6.30. The number of amides is 1. The summed E-state index contributed by atoms with van der Waals surface area (Å²) >= 11 is 5.81. The first-order valence-electron chi connectivity index (χ1n) is 7.44. The molecule has 3 rings (SSSR count). The Kier molecular flexibility index (Phi) is 5.11. The SMILES string of the molecule is COc1ccc(-c2cc(C(=O)N/N=C/c3ccc(Cl)cc3)[nH]n2)cc1. The van der Waals surface area contributed by atoms with Gasteiger partial charge in [-0.3, -0.25) is 9.89 Å². The summed E-state index contributed by atoms with van der Waals surface area (Å²) in [6.07, 6.45) is 1.54. The minimum Gasteiger partial charge on any atom is -0.497 e. The van der Waals surface area contributed by atoms with Crippen molar-refractivity contribution in [3.05, 3.63) is 70.9 Å². The van der Waals surface area contributed by atoms with Crippen LogP contribution in [0.3, 0.4) is 0 Å². The molecule has 0 aliphatic heterocycles. The van der Waals surface area contributed by atoms with Gasteiger partial charge in [-0.1, -0.05) is 23.7 Å². The third kappa shape index (κ3) is 4.24. The molecule has 0 spiro atoms. The first-order valence-corrected chi connectivity index (χ1v) is 7.82. The molecule has 3 aromatic rings. The van der Waals surface area contributed by atoms with E-state index in [1.165, 1.54) is 6.21 Å². The molecule has 126 valence electrons. The molecule has 0 fully saturated rings. The normalized spacial score (nSPS) is 10.8. The van der Waals surface area contributed by atoms with Crippen molar-refractivity contribution in [2.75, 3.05) is 7.11 Å². The Morgan fingerprint density at radius 2 is 1.92 bits per heavy atom. The van der Waals surface area contributed by atoms with Crippen molar-refractivity contribution in [1.29, 1.82) is 0 Å². The van der Waals surface area contributed by atoms with Gasteiger partial charge in [-0.05, 0) is 48.0 Å². The molecule has 7 heteroatoms. The van der Waals surface area contributed by atoms with Crippen LogP contribution < -0.4 is 10.2 Å². The zero-order valence-corrected chi connectivity index (χ0v) is 14.1. The molecule has 1 aromatic heterocycles. The molecule has 0 aliphatic carbocycles. The number of benzene rings is 2. The zero-order chi connectivity index (χ0) is 17.6. The smallest absolute Gasteiger partial charge is 0.289 e. The maximum absolute atomic E-state index is 12.1. The number of hydrogen-bond donors (Lipinski definition) is 2. The number of carbonyl (C=O) groups is 1. The Morgan fingerprint density at radius 3 is 2.60 bits per heavy atom. The average molecular weight is 355 g/mol. The van der Waals surface area contributed by atoms with E-state index in [0.717, 1.165) is 16.9 Å². The number of methoxy groups -OCH3 is 1. The van der Waals surface area contributed by atoms with E-state index >= 15 is 0 Å². The summed E-state index contributed by atoms with van der Waals surface area (Å²) in [5, 5.41) is 11.4. The van der Waals surface area contributed by atoms with Gasteiger partial charge < -0.3 is 4.74 Å². The van der Waals surface area contributed by atoms with Crippen molar-refractivity contribution >= 4 is 23.7 Å². The minimum absolute atomic E-state index is 0.319. The third-order valence-corrected chi connectivity index (χ3v) is 3.71. The highest BCUT2D eigenvalue weighted by Crippen LogP contribution is 2.21. The van der Waals surface area contributed by atoms with Crippen molar-refractivity contribution < 1.29 is 9.53 Å². The molecule has 0 radical (unpaired) electrons. The maximum Gasteiger partial charge on any atom is 0.289 e. The van der Waals surface area contributed by atoms with Gasteiger partial charge in [-0.15, -0.1) is 0 Å². The summed E-state index contributed by atoms with van der Waals surface area (Å²) in [6.45, 7) is 0. The summed E-state index contributed by atoms with van der Waals surface area (Å²) in [4.78, 5) is 12.1. The minimum atomic E-state index is -0.377. The highest BCUT2D eigenvalue weighted by Gasteiger charge is 2.10. The summed E-state index contributed by atoms with van der Waals surface area (Å²) < 4.78 is 5.12. The first kappa shape index (κ1) is 16.7. The number of hydrogen-bond acceptors (Lipinski definition) is 4. The quantitative estimate of drug-likeness (QED) is 0.543. The molecule has 1 heterocycles. The fraction of sp³-hybridized carbons (Fsp3) is 0.0556. The maximum atomic E-state index is 12.1. The van der Waals surface area contributed by atoms with Crippen LogP contribution in [0.1, 0.15) is 16.1 Å². The van der Waals surface area contributed by atoms with Gasteiger partial charge in [-0.2, -0.15) is 10.2 Å². The van der Waals surface area contributed by atoms with Crippen LogP contribution in [0.15, 0.2) is 59.7 Å². The van der Waals surface area contributed by atoms with Crippen molar-refractivity contribution in [2.24, 2.45) is 5.10 Å². The average Bonchev–Trinajstić information content (AvgIpc) is 3.13. The fourth-order valence-electron chi connectivity index (χ4n) is 2.12. The molecule has 2 N–H and O–H groups in total. The topological polar surface area (TPSA) is 79.4 Å². The fourth-order valence-corrected chi connectivity index (χ4v) is 2.25. The van der Waals surface area contributed by atoms with Gasteiger partial charge in [0.2, 0.25) is 0 Å². The van der Waals surface area contributed by atoms with E-state index in [1.54, 1.807) is 37.4 Å². The largest absolute Gasteiger partial charge is 0.497 e. The van der Waals surface area contributed by atoms with Crippen molar-refractivity contribution in [1.82, 2.24) is 15.6 Å². The molecule has 1 amide bonds. The lowest BCUT2D eigenvalue weighted by Gasteiger charge is -2.00. The Hall–Kier alpha value is -3.12. The molecule has 0 bridgehead atoms. The lowest BCUT2D eigenvalue weighted by Crippen LogP contribution is -2.17. The summed E-state index contributed by atoms with van der Waals surface area (Å²) in [5.41, 5.74) is 5.13. The van der Waals surface area contributed by atoms with E-state index in [-0.39, 0.29) is 5.91 Å². The van der Waals surface area contributed by atoms with E-state index < -0.39 is 0 Å². The highest BCUT2D eigenvalue weighted by atomic mass is 35.5. The summed E-state index contributed by atoms with van der Waals surface area (Å²) in [5.74, 6) is 0.381. The number of aromatic nitrogens is 2. The van der Waals surface area contributed by atoms with Crippen LogP contribution in [0, 0.1) is 0 Å². The Balaban J connectivity index is 1.64. The first-order chi connectivity index (χ1) is 12.2. The standard InChI is InChI=1S/C18H15ClN4O2/c1-25-15-8-4-13(5-9-15)16-10-17(22-21-16)18(24)23-20-11-12-2-6-14(19)7-3-12/h2-11H,1H3,(H,21,22)(H,23,24)/b20-11+. The van der Waals surface area contributed by atoms with Gasteiger partial charge in [0.25, 0.3) is 5.91 Å². The van der Waals surface area contributed by atoms with E-state index in [0.29, 0.717) is 16.4 Å². The van der Waals surface area contributed by atoms with Crippen LogP contribution in [0.2, 0.25) is 5.02 Å². The van der Waals surface area contributed by atoms with Gasteiger partial charge in [0.05, 0.1) is 19.0 Å². The second-order valence-electron chi connectivity index (χ2n) is 5.15.